The molecule has 94 valence electrons. The van der Waals surface area contributed by atoms with Crippen LogP contribution in [0.5, 0.6) is 5.75 Å². The van der Waals surface area contributed by atoms with E-state index in [4.69, 9.17) is 9.15 Å². The zero-order valence-corrected chi connectivity index (χ0v) is 10.8. The number of furan rings is 1. The van der Waals surface area contributed by atoms with Gasteiger partial charge in [-0.15, -0.1) is 0 Å². The summed E-state index contributed by atoms with van der Waals surface area (Å²) in [6, 6.07) is 3.73. The van der Waals surface area contributed by atoms with Crippen molar-refractivity contribution in [3.05, 3.63) is 29.5 Å². The SMILES string of the molecule is Cc1coc2cc3c(cc12)C(=O)CC(C(C)C)O3. The van der Waals surface area contributed by atoms with E-state index in [0.29, 0.717) is 23.7 Å². The summed E-state index contributed by atoms with van der Waals surface area (Å²) in [5.74, 6) is 1.15. The largest absolute Gasteiger partial charge is 0.489 e. The molecule has 0 N–H and O–H groups in total. The van der Waals surface area contributed by atoms with Crippen molar-refractivity contribution < 1.29 is 13.9 Å². The van der Waals surface area contributed by atoms with E-state index in [1.807, 2.05) is 19.1 Å². The van der Waals surface area contributed by atoms with Crippen LogP contribution in [-0.4, -0.2) is 11.9 Å². The van der Waals surface area contributed by atoms with E-state index < -0.39 is 0 Å². The van der Waals surface area contributed by atoms with Crippen molar-refractivity contribution in [2.24, 2.45) is 5.92 Å². The Morgan fingerprint density at radius 3 is 2.83 bits per heavy atom. The zero-order valence-electron chi connectivity index (χ0n) is 10.8. The second-order valence-corrected chi connectivity index (χ2v) is 5.29. The third-order valence-corrected chi connectivity index (χ3v) is 3.58. The summed E-state index contributed by atoms with van der Waals surface area (Å²) >= 11 is 0. The van der Waals surface area contributed by atoms with E-state index in [9.17, 15) is 4.79 Å². The number of benzene rings is 1. The third kappa shape index (κ3) is 1.62. The summed E-state index contributed by atoms with van der Waals surface area (Å²) < 4.78 is 11.4. The summed E-state index contributed by atoms with van der Waals surface area (Å²) in [6.45, 7) is 6.11. The highest BCUT2D eigenvalue weighted by Crippen LogP contribution is 2.35. The van der Waals surface area contributed by atoms with Crippen molar-refractivity contribution in [2.45, 2.75) is 33.3 Å². The molecular weight excluding hydrogens is 228 g/mol. The number of fused-ring (bicyclic) bond motifs is 2. The van der Waals surface area contributed by atoms with Crippen molar-refractivity contribution in [3.63, 3.8) is 0 Å². The van der Waals surface area contributed by atoms with Gasteiger partial charge < -0.3 is 9.15 Å². The Morgan fingerprint density at radius 2 is 2.11 bits per heavy atom. The predicted molar refractivity (Wildman–Crippen MR) is 69.2 cm³/mol. The van der Waals surface area contributed by atoms with Gasteiger partial charge in [0.2, 0.25) is 0 Å². The molecule has 1 unspecified atom stereocenters. The summed E-state index contributed by atoms with van der Waals surface area (Å²) in [4.78, 5) is 12.2. The molecule has 0 aliphatic carbocycles. The molecule has 1 aliphatic heterocycles. The lowest BCUT2D eigenvalue weighted by molar-refractivity contribution is 0.0773. The van der Waals surface area contributed by atoms with E-state index in [1.54, 1.807) is 6.26 Å². The number of carbonyl (C=O) groups is 1. The van der Waals surface area contributed by atoms with Crippen LogP contribution in [0.25, 0.3) is 11.0 Å². The Bertz CT molecular complexity index is 622. The lowest BCUT2D eigenvalue weighted by atomic mass is 9.93. The number of Topliss-reactive ketones (excluding diaryl/α,β-unsaturated/α-hetero) is 1. The fourth-order valence-corrected chi connectivity index (χ4v) is 2.37. The van der Waals surface area contributed by atoms with Crippen LogP contribution in [0.1, 0.15) is 36.2 Å². The second kappa shape index (κ2) is 3.87. The van der Waals surface area contributed by atoms with Crippen molar-refractivity contribution in [2.75, 3.05) is 0 Å². The van der Waals surface area contributed by atoms with Crippen molar-refractivity contribution in [1.82, 2.24) is 0 Å². The van der Waals surface area contributed by atoms with Crippen LogP contribution in [0.2, 0.25) is 0 Å². The van der Waals surface area contributed by atoms with E-state index in [0.717, 1.165) is 16.5 Å². The van der Waals surface area contributed by atoms with Gasteiger partial charge >= 0.3 is 0 Å². The maximum atomic E-state index is 12.2. The quantitative estimate of drug-likeness (QED) is 0.767. The zero-order chi connectivity index (χ0) is 12.9. The molecule has 1 atom stereocenters. The summed E-state index contributed by atoms with van der Waals surface area (Å²) in [5, 5.41) is 0.994. The minimum Gasteiger partial charge on any atom is -0.489 e. The number of aryl methyl sites for hydroxylation is 1. The van der Waals surface area contributed by atoms with Crippen LogP contribution in [0.15, 0.2) is 22.8 Å². The highest BCUT2D eigenvalue weighted by molar-refractivity contribution is 6.03. The van der Waals surface area contributed by atoms with Crippen molar-refractivity contribution >= 4 is 16.8 Å². The van der Waals surface area contributed by atoms with Crippen LogP contribution >= 0.6 is 0 Å². The van der Waals surface area contributed by atoms with Gasteiger partial charge in [-0.05, 0) is 24.5 Å². The number of carbonyl (C=O) groups excluding carboxylic acids is 1. The normalized spacial score (nSPS) is 19.1. The molecule has 0 bridgehead atoms. The molecule has 1 aliphatic rings. The van der Waals surface area contributed by atoms with Gasteiger partial charge in [0.25, 0.3) is 0 Å². The maximum absolute atomic E-state index is 12.2. The number of ether oxygens (including phenoxy) is 1. The van der Waals surface area contributed by atoms with Gasteiger partial charge in [-0.1, -0.05) is 13.8 Å². The number of ketones is 1. The molecule has 0 radical (unpaired) electrons. The van der Waals surface area contributed by atoms with Crippen LogP contribution in [0.4, 0.5) is 0 Å². The van der Waals surface area contributed by atoms with E-state index in [2.05, 4.69) is 13.8 Å². The molecule has 0 saturated heterocycles. The Kier molecular flexibility index (Phi) is 2.44. The van der Waals surface area contributed by atoms with E-state index in [-0.39, 0.29) is 11.9 Å². The van der Waals surface area contributed by atoms with Crippen LogP contribution in [0.3, 0.4) is 0 Å². The van der Waals surface area contributed by atoms with Crippen LogP contribution < -0.4 is 4.74 Å². The molecule has 3 heteroatoms. The molecule has 1 aromatic carbocycles. The van der Waals surface area contributed by atoms with E-state index >= 15 is 0 Å². The lowest BCUT2D eigenvalue weighted by Crippen LogP contribution is -2.31. The first-order valence-corrected chi connectivity index (χ1v) is 6.28. The average molecular weight is 244 g/mol. The molecule has 3 nitrogen and oxygen atoms in total. The standard InChI is InChI=1S/C15H16O3/c1-8(2)13-5-12(16)11-4-10-9(3)7-17-14(10)6-15(11)18-13/h4,6-8,13H,5H2,1-3H3. The van der Waals surface area contributed by atoms with Crippen molar-refractivity contribution in [1.29, 1.82) is 0 Å². The van der Waals surface area contributed by atoms with Gasteiger partial charge in [0.05, 0.1) is 11.8 Å². The molecule has 0 amide bonds. The first-order valence-electron chi connectivity index (χ1n) is 6.28. The van der Waals surface area contributed by atoms with Gasteiger partial charge in [-0.2, -0.15) is 0 Å². The molecular formula is C15H16O3. The monoisotopic (exact) mass is 244 g/mol. The summed E-state index contributed by atoms with van der Waals surface area (Å²) in [5.41, 5.74) is 2.51. The van der Waals surface area contributed by atoms with Gasteiger partial charge in [-0.3, -0.25) is 4.79 Å². The Morgan fingerprint density at radius 1 is 1.33 bits per heavy atom. The molecule has 0 saturated carbocycles. The average Bonchev–Trinajstić information content (AvgIpc) is 2.68. The Balaban J connectivity index is 2.14. The minimum atomic E-state index is -0.0292. The minimum absolute atomic E-state index is 0.0292. The second-order valence-electron chi connectivity index (χ2n) is 5.29. The molecule has 18 heavy (non-hydrogen) atoms. The van der Waals surface area contributed by atoms with E-state index in [1.165, 1.54) is 0 Å². The maximum Gasteiger partial charge on any atom is 0.170 e. The molecule has 2 heterocycles. The first kappa shape index (κ1) is 11.3. The highest BCUT2D eigenvalue weighted by atomic mass is 16.5. The number of rotatable bonds is 1. The molecule has 1 aromatic heterocycles. The van der Waals surface area contributed by atoms with Gasteiger partial charge in [0.1, 0.15) is 17.4 Å². The van der Waals surface area contributed by atoms with Gasteiger partial charge in [0, 0.05) is 17.9 Å². The third-order valence-electron chi connectivity index (χ3n) is 3.58. The summed E-state index contributed by atoms with van der Waals surface area (Å²) in [7, 11) is 0. The number of hydrogen-bond acceptors (Lipinski definition) is 3. The Labute approximate surface area is 106 Å². The molecule has 3 rings (SSSR count). The summed E-state index contributed by atoms with van der Waals surface area (Å²) in [6.07, 6.45) is 2.15. The molecule has 0 fully saturated rings. The fourth-order valence-electron chi connectivity index (χ4n) is 2.37. The first-order chi connectivity index (χ1) is 8.56. The topological polar surface area (TPSA) is 39.4 Å². The van der Waals surface area contributed by atoms with Gasteiger partial charge in [-0.25, -0.2) is 0 Å². The molecule has 2 aromatic rings. The van der Waals surface area contributed by atoms with Crippen LogP contribution in [0, 0.1) is 12.8 Å². The van der Waals surface area contributed by atoms with Crippen LogP contribution in [-0.2, 0) is 0 Å². The van der Waals surface area contributed by atoms with Crippen molar-refractivity contribution in [3.8, 4) is 5.75 Å². The van der Waals surface area contributed by atoms with Gasteiger partial charge in [0.15, 0.2) is 5.78 Å². The number of hydrogen-bond donors (Lipinski definition) is 0. The smallest absolute Gasteiger partial charge is 0.170 e. The Hall–Kier alpha value is -1.77. The highest BCUT2D eigenvalue weighted by Gasteiger charge is 2.29. The lowest BCUT2D eigenvalue weighted by Gasteiger charge is -2.27. The molecule has 0 spiro atoms. The predicted octanol–water partition coefficient (Wildman–Crippen LogP) is 3.73. The fraction of sp³-hybridized carbons (Fsp3) is 0.400.